The van der Waals surface area contributed by atoms with Gasteiger partial charge in [-0.05, 0) is 48.5 Å². The molecule has 0 heterocycles. The highest BCUT2D eigenvalue weighted by Gasteiger charge is 1.97. The third kappa shape index (κ3) is 2.76. The van der Waals surface area contributed by atoms with E-state index in [4.69, 9.17) is 10.00 Å². The molecule has 0 aliphatic heterocycles. The lowest BCUT2D eigenvalue weighted by Gasteiger charge is -2.06. The number of ether oxygens (including phenoxy) is 1. The van der Waals surface area contributed by atoms with Crippen LogP contribution in [0.5, 0.6) is 11.5 Å². The molecule has 0 aliphatic carbocycles. The lowest BCUT2D eigenvalue weighted by atomic mass is 10.2. The third-order valence-electron chi connectivity index (χ3n) is 2.36. The highest BCUT2D eigenvalue weighted by molar-refractivity contribution is 5.46. The molecule has 2 rings (SSSR count). The zero-order valence-corrected chi connectivity index (χ0v) is 9.47. The molecule has 0 unspecified atom stereocenters. The Morgan fingerprint density at radius 1 is 0.941 bits per heavy atom. The van der Waals surface area contributed by atoms with Gasteiger partial charge in [-0.25, -0.2) is 0 Å². The van der Waals surface area contributed by atoms with Crippen molar-refractivity contribution >= 4 is 5.69 Å². The van der Waals surface area contributed by atoms with Crippen LogP contribution in [-0.2, 0) is 0 Å². The van der Waals surface area contributed by atoms with Gasteiger partial charge in [-0.3, -0.25) is 0 Å². The van der Waals surface area contributed by atoms with Gasteiger partial charge in [0.25, 0.3) is 0 Å². The molecular weight excluding hydrogens is 212 g/mol. The molecule has 0 atom stereocenters. The van der Waals surface area contributed by atoms with Gasteiger partial charge >= 0.3 is 0 Å². The van der Waals surface area contributed by atoms with Crippen LogP contribution in [0.25, 0.3) is 0 Å². The van der Waals surface area contributed by atoms with Crippen molar-refractivity contribution in [1.82, 2.24) is 0 Å². The molecule has 3 nitrogen and oxygen atoms in total. The minimum absolute atomic E-state index is 0.628. The van der Waals surface area contributed by atoms with Gasteiger partial charge in [0.15, 0.2) is 0 Å². The first kappa shape index (κ1) is 11.0. The lowest BCUT2D eigenvalue weighted by molar-refractivity contribution is 0.483. The first-order valence-corrected chi connectivity index (χ1v) is 5.27. The molecule has 0 spiro atoms. The monoisotopic (exact) mass is 224 g/mol. The highest BCUT2D eigenvalue weighted by Crippen LogP contribution is 2.22. The summed E-state index contributed by atoms with van der Waals surface area (Å²) in [4.78, 5) is 0. The smallest absolute Gasteiger partial charge is 0.127 e. The molecule has 2 aromatic rings. The molecule has 0 amide bonds. The van der Waals surface area contributed by atoms with Crippen molar-refractivity contribution in [1.29, 1.82) is 5.26 Å². The number of nitriles is 1. The molecule has 0 saturated carbocycles. The van der Waals surface area contributed by atoms with E-state index >= 15 is 0 Å². The Kier molecular flexibility index (Phi) is 3.27. The zero-order chi connectivity index (χ0) is 12.1. The van der Waals surface area contributed by atoms with Gasteiger partial charge in [-0.2, -0.15) is 5.26 Å². The van der Waals surface area contributed by atoms with Crippen LogP contribution < -0.4 is 10.1 Å². The fourth-order valence-corrected chi connectivity index (χ4v) is 1.42. The molecule has 0 bridgehead atoms. The maximum atomic E-state index is 8.68. The number of hydrogen-bond acceptors (Lipinski definition) is 3. The quantitative estimate of drug-likeness (QED) is 0.869. The molecule has 0 radical (unpaired) electrons. The number of rotatable bonds is 3. The van der Waals surface area contributed by atoms with E-state index < -0.39 is 0 Å². The van der Waals surface area contributed by atoms with E-state index in [9.17, 15) is 0 Å². The van der Waals surface area contributed by atoms with E-state index in [1.807, 2.05) is 31.3 Å². The molecule has 0 saturated heterocycles. The summed E-state index contributed by atoms with van der Waals surface area (Å²) >= 11 is 0. The van der Waals surface area contributed by atoms with E-state index in [0.29, 0.717) is 5.56 Å². The van der Waals surface area contributed by atoms with Gasteiger partial charge in [-0.1, -0.05) is 0 Å². The molecule has 0 fully saturated rings. The number of hydrogen-bond donors (Lipinski definition) is 1. The van der Waals surface area contributed by atoms with Gasteiger partial charge in [-0.15, -0.1) is 0 Å². The molecule has 84 valence electrons. The normalized spacial score (nSPS) is 9.41. The maximum Gasteiger partial charge on any atom is 0.127 e. The first-order valence-electron chi connectivity index (χ1n) is 5.27. The Morgan fingerprint density at radius 2 is 1.47 bits per heavy atom. The molecule has 17 heavy (non-hydrogen) atoms. The minimum atomic E-state index is 0.628. The third-order valence-corrected chi connectivity index (χ3v) is 2.36. The summed E-state index contributed by atoms with van der Waals surface area (Å²) in [7, 11) is 1.87. The van der Waals surface area contributed by atoms with Gasteiger partial charge in [0.1, 0.15) is 11.5 Å². The van der Waals surface area contributed by atoms with Gasteiger partial charge in [0.05, 0.1) is 11.6 Å². The van der Waals surface area contributed by atoms with Crippen LogP contribution in [0.2, 0.25) is 0 Å². The van der Waals surface area contributed by atoms with Crippen LogP contribution in [-0.4, -0.2) is 7.05 Å². The average molecular weight is 224 g/mol. The van der Waals surface area contributed by atoms with Gasteiger partial charge < -0.3 is 10.1 Å². The van der Waals surface area contributed by atoms with Crippen LogP contribution in [0.3, 0.4) is 0 Å². The molecule has 3 heteroatoms. The van der Waals surface area contributed by atoms with Crippen LogP contribution in [0.15, 0.2) is 48.5 Å². The van der Waals surface area contributed by atoms with Crippen LogP contribution >= 0.6 is 0 Å². The molecule has 0 aromatic heterocycles. The Labute approximate surface area is 100 Å². The predicted octanol–water partition coefficient (Wildman–Crippen LogP) is 3.39. The van der Waals surface area contributed by atoms with Crippen LogP contribution in [0.1, 0.15) is 5.56 Å². The summed E-state index contributed by atoms with van der Waals surface area (Å²) in [6, 6.07) is 16.8. The van der Waals surface area contributed by atoms with Crippen LogP contribution in [0, 0.1) is 11.3 Å². The van der Waals surface area contributed by atoms with Crippen molar-refractivity contribution in [2.24, 2.45) is 0 Å². The Morgan fingerprint density at radius 3 is 1.94 bits per heavy atom. The van der Waals surface area contributed by atoms with E-state index in [1.54, 1.807) is 24.3 Å². The van der Waals surface area contributed by atoms with Crippen molar-refractivity contribution in [3.63, 3.8) is 0 Å². The zero-order valence-electron chi connectivity index (χ0n) is 9.47. The van der Waals surface area contributed by atoms with E-state index in [-0.39, 0.29) is 0 Å². The van der Waals surface area contributed by atoms with Gasteiger partial charge in [0.2, 0.25) is 0 Å². The van der Waals surface area contributed by atoms with Crippen LogP contribution in [0.4, 0.5) is 5.69 Å². The second-order valence-corrected chi connectivity index (χ2v) is 3.51. The summed E-state index contributed by atoms with van der Waals surface area (Å²) < 4.78 is 5.64. The van der Waals surface area contributed by atoms with Crippen molar-refractivity contribution in [3.05, 3.63) is 54.1 Å². The Hall–Kier alpha value is -2.47. The number of nitrogens with zero attached hydrogens (tertiary/aromatic N) is 1. The first-order chi connectivity index (χ1) is 8.31. The van der Waals surface area contributed by atoms with E-state index in [0.717, 1.165) is 17.2 Å². The second-order valence-electron chi connectivity index (χ2n) is 3.51. The molecule has 0 aliphatic rings. The fraction of sp³-hybridized carbons (Fsp3) is 0.0714. The number of benzene rings is 2. The van der Waals surface area contributed by atoms with Crippen molar-refractivity contribution in [2.75, 3.05) is 12.4 Å². The summed E-state index contributed by atoms with van der Waals surface area (Å²) in [5, 5.41) is 11.7. The van der Waals surface area contributed by atoms with E-state index in [2.05, 4.69) is 11.4 Å². The maximum absolute atomic E-state index is 8.68. The Balaban J connectivity index is 2.11. The summed E-state index contributed by atoms with van der Waals surface area (Å²) in [5.74, 6) is 1.50. The highest BCUT2D eigenvalue weighted by atomic mass is 16.5. The van der Waals surface area contributed by atoms with Crippen molar-refractivity contribution in [3.8, 4) is 17.6 Å². The SMILES string of the molecule is CNc1ccc(Oc2ccc(C#N)cc2)cc1. The lowest BCUT2D eigenvalue weighted by Crippen LogP contribution is -1.88. The number of nitrogens with one attached hydrogen (secondary N) is 1. The number of anilines is 1. The largest absolute Gasteiger partial charge is 0.457 e. The predicted molar refractivity (Wildman–Crippen MR) is 67.2 cm³/mol. The summed E-state index contributed by atoms with van der Waals surface area (Å²) in [5.41, 5.74) is 1.67. The van der Waals surface area contributed by atoms with E-state index in [1.165, 1.54) is 0 Å². The molecule has 2 aromatic carbocycles. The Bertz CT molecular complexity index is 524. The molecule has 1 N–H and O–H groups in total. The van der Waals surface area contributed by atoms with Gasteiger partial charge in [0, 0.05) is 12.7 Å². The van der Waals surface area contributed by atoms with Crippen molar-refractivity contribution in [2.45, 2.75) is 0 Å². The summed E-state index contributed by atoms with van der Waals surface area (Å²) in [6.07, 6.45) is 0. The second kappa shape index (κ2) is 5.04. The average Bonchev–Trinajstić information content (AvgIpc) is 2.40. The molecular formula is C14H12N2O. The fourth-order valence-electron chi connectivity index (χ4n) is 1.42. The van der Waals surface area contributed by atoms with Crippen molar-refractivity contribution < 1.29 is 4.74 Å². The topological polar surface area (TPSA) is 45.0 Å². The minimum Gasteiger partial charge on any atom is -0.457 e. The summed E-state index contributed by atoms with van der Waals surface area (Å²) in [6.45, 7) is 0. The standard InChI is InChI=1S/C14H12N2O/c1-16-12-4-8-14(9-5-12)17-13-6-2-11(10-15)3-7-13/h2-9,16H,1H3.